The molecule has 7 nitrogen and oxygen atoms in total. The van der Waals surface area contributed by atoms with Crippen molar-refractivity contribution in [1.29, 1.82) is 0 Å². The molecule has 1 heterocycles. The zero-order valence-electron chi connectivity index (χ0n) is 15.4. The fraction of sp³-hybridized carbons (Fsp3) is 0.444. The highest BCUT2D eigenvalue weighted by molar-refractivity contribution is 7.99. The van der Waals surface area contributed by atoms with Gasteiger partial charge in [-0.05, 0) is 39.8 Å². The van der Waals surface area contributed by atoms with E-state index in [2.05, 4.69) is 15.6 Å². The van der Waals surface area contributed by atoms with E-state index in [1.165, 1.54) is 11.8 Å². The van der Waals surface area contributed by atoms with Crippen molar-refractivity contribution in [2.75, 3.05) is 12.3 Å². The number of nitrogens with zero attached hydrogens (tertiary/aromatic N) is 2. The number of fused-ring (bicyclic) bond motifs is 1. The van der Waals surface area contributed by atoms with Crippen LogP contribution in [0.4, 0.5) is 0 Å². The van der Waals surface area contributed by atoms with E-state index in [-0.39, 0.29) is 41.8 Å². The molecule has 26 heavy (non-hydrogen) atoms. The third-order valence-electron chi connectivity index (χ3n) is 3.52. The van der Waals surface area contributed by atoms with E-state index in [1.807, 2.05) is 33.8 Å². The van der Waals surface area contributed by atoms with Crippen LogP contribution in [0.25, 0.3) is 10.9 Å². The summed E-state index contributed by atoms with van der Waals surface area (Å²) in [5.41, 5.74) is 0.485. The summed E-state index contributed by atoms with van der Waals surface area (Å²) in [7, 11) is 0. The van der Waals surface area contributed by atoms with Crippen LogP contribution in [0.15, 0.2) is 34.2 Å². The number of carbonyl (C=O) groups is 2. The highest BCUT2D eigenvalue weighted by Crippen LogP contribution is 2.20. The number of thioether (sulfide) groups is 1. The van der Waals surface area contributed by atoms with Crippen molar-refractivity contribution in [3.05, 3.63) is 34.6 Å². The van der Waals surface area contributed by atoms with Gasteiger partial charge in [-0.25, -0.2) is 4.98 Å². The molecule has 0 aliphatic carbocycles. The van der Waals surface area contributed by atoms with Gasteiger partial charge in [-0.3, -0.25) is 19.0 Å². The number of carbonyl (C=O) groups excluding carboxylic acids is 2. The van der Waals surface area contributed by atoms with Crippen molar-refractivity contribution in [2.24, 2.45) is 0 Å². The molecule has 0 bridgehead atoms. The van der Waals surface area contributed by atoms with E-state index >= 15 is 0 Å². The maximum Gasteiger partial charge on any atom is 0.262 e. The van der Waals surface area contributed by atoms with Crippen molar-refractivity contribution in [3.63, 3.8) is 0 Å². The summed E-state index contributed by atoms with van der Waals surface area (Å²) in [5.74, 6) is -0.445. The molecule has 2 aromatic rings. The first-order chi connectivity index (χ1) is 12.3. The highest BCUT2D eigenvalue weighted by atomic mass is 32.2. The minimum absolute atomic E-state index is 0.0241. The zero-order valence-corrected chi connectivity index (χ0v) is 16.2. The lowest BCUT2D eigenvalue weighted by molar-refractivity contribution is -0.125. The van der Waals surface area contributed by atoms with Gasteiger partial charge in [-0.2, -0.15) is 0 Å². The van der Waals surface area contributed by atoms with Crippen LogP contribution in [0, 0.1) is 0 Å². The molecule has 0 radical (unpaired) electrons. The van der Waals surface area contributed by atoms with E-state index in [9.17, 15) is 14.4 Å². The molecule has 0 fully saturated rings. The van der Waals surface area contributed by atoms with Gasteiger partial charge in [0.1, 0.15) is 0 Å². The lowest BCUT2D eigenvalue weighted by Gasteiger charge is -2.16. The first kappa shape index (κ1) is 20.0. The van der Waals surface area contributed by atoms with Gasteiger partial charge in [0.25, 0.3) is 5.56 Å². The van der Waals surface area contributed by atoms with Gasteiger partial charge < -0.3 is 10.6 Å². The fourth-order valence-corrected chi connectivity index (χ4v) is 3.37. The Hall–Kier alpha value is -2.35. The van der Waals surface area contributed by atoms with Gasteiger partial charge in [0.2, 0.25) is 11.8 Å². The standard InChI is InChI=1S/C18H24N4O3S/c1-11(2)20-15(23)9-19-16(24)10-26-18-21-14-8-6-5-7-13(14)17(25)22(18)12(3)4/h5-8,11-12H,9-10H2,1-4H3,(H,19,24)(H,20,23). The number of amides is 2. The molecule has 2 N–H and O–H groups in total. The zero-order chi connectivity index (χ0) is 19.3. The first-order valence-electron chi connectivity index (χ1n) is 8.49. The Morgan fingerprint density at radius 1 is 1.15 bits per heavy atom. The van der Waals surface area contributed by atoms with E-state index in [4.69, 9.17) is 0 Å². The minimum Gasteiger partial charge on any atom is -0.352 e. The maximum atomic E-state index is 12.7. The predicted molar refractivity (Wildman–Crippen MR) is 103 cm³/mol. The quantitative estimate of drug-likeness (QED) is 0.567. The molecule has 1 aromatic heterocycles. The SMILES string of the molecule is CC(C)NC(=O)CNC(=O)CSc1nc2ccccc2c(=O)n1C(C)C. The molecule has 8 heteroatoms. The fourth-order valence-electron chi connectivity index (χ4n) is 2.42. The second kappa shape index (κ2) is 8.84. The van der Waals surface area contributed by atoms with Crippen LogP contribution in [0.1, 0.15) is 33.7 Å². The highest BCUT2D eigenvalue weighted by Gasteiger charge is 2.15. The number of para-hydroxylation sites is 1. The number of hydrogen-bond acceptors (Lipinski definition) is 5. The summed E-state index contributed by atoms with van der Waals surface area (Å²) in [5, 5.41) is 6.32. The van der Waals surface area contributed by atoms with E-state index < -0.39 is 0 Å². The van der Waals surface area contributed by atoms with E-state index in [0.717, 1.165) is 0 Å². The molecule has 0 spiro atoms. The lowest BCUT2D eigenvalue weighted by Crippen LogP contribution is -2.40. The van der Waals surface area contributed by atoms with Gasteiger partial charge in [-0.1, -0.05) is 23.9 Å². The smallest absolute Gasteiger partial charge is 0.262 e. The summed E-state index contributed by atoms with van der Waals surface area (Å²) in [6.07, 6.45) is 0. The summed E-state index contributed by atoms with van der Waals surface area (Å²) in [6, 6.07) is 7.10. The number of hydrogen-bond donors (Lipinski definition) is 2. The Kier molecular flexibility index (Phi) is 6.79. The molecule has 0 unspecified atom stereocenters. The Bertz CT molecular complexity index is 861. The Morgan fingerprint density at radius 3 is 2.50 bits per heavy atom. The van der Waals surface area contributed by atoms with Crippen LogP contribution >= 0.6 is 11.8 Å². The second-order valence-corrected chi connectivity index (χ2v) is 7.41. The molecule has 2 amide bonds. The first-order valence-corrected chi connectivity index (χ1v) is 9.48. The Morgan fingerprint density at radius 2 is 1.85 bits per heavy atom. The maximum absolute atomic E-state index is 12.7. The van der Waals surface area contributed by atoms with Crippen molar-refractivity contribution >= 4 is 34.5 Å². The van der Waals surface area contributed by atoms with Crippen LogP contribution in [-0.4, -0.2) is 39.7 Å². The van der Waals surface area contributed by atoms with Gasteiger partial charge in [0.15, 0.2) is 5.16 Å². The van der Waals surface area contributed by atoms with Crippen molar-refractivity contribution < 1.29 is 9.59 Å². The topological polar surface area (TPSA) is 93.1 Å². The molecule has 140 valence electrons. The average Bonchev–Trinajstić information content (AvgIpc) is 2.57. The van der Waals surface area contributed by atoms with E-state index in [1.54, 1.807) is 22.8 Å². The van der Waals surface area contributed by atoms with Crippen LogP contribution in [0.3, 0.4) is 0 Å². The van der Waals surface area contributed by atoms with Crippen LogP contribution in [0.2, 0.25) is 0 Å². The van der Waals surface area contributed by atoms with Gasteiger partial charge in [-0.15, -0.1) is 0 Å². The lowest BCUT2D eigenvalue weighted by atomic mass is 10.2. The predicted octanol–water partition coefficient (Wildman–Crippen LogP) is 1.71. The molecule has 1 aromatic carbocycles. The second-order valence-electron chi connectivity index (χ2n) is 6.47. The Labute approximate surface area is 156 Å². The van der Waals surface area contributed by atoms with Gasteiger partial charge in [0.05, 0.1) is 23.2 Å². The van der Waals surface area contributed by atoms with E-state index in [0.29, 0.717) is 16.1 Å². The van der Waals surface area contributed by atoms with Crippen LogP contribution < -0.4 is 16.2 Å². The molecule has 0 aliphatic heterocycles. The third-order valence-corrected chi connectivity index (χ3v) is 4.47. The largest absolute Gasteiger partial charge is 0.352 e. The molecular formula is C18H24N4O3S. The molecule has 0 saturated carbocycles. The summed E-state index contributed by atoms with van der Waals surface area (Å²) >= 11 is 1.19. The molecule has 2 rings (SSSR count). The third kappa shape index (κ3) is 5.08. The summed E-state index contributed by atoms with van der Waals surface area (Å²) in [6.45, 7) is 7.44. The van der Waals surface area contributed by atoms with Crippen molar-refractivity contribution in [2.45, 2.75) is 44.9 Å². The average molecular weight is 376 g/mol. The molecule has 0 atom stereocenters. The van der Waals surface area contributed by atoms with Crippen LogP contribution in [0.5, 0.6) is 0 Å². The summed E-state index contributed by atoms with van der Waals surface area (Å²) < 4.78 is 1.59. The number of aromatic nitrogens is 2. The van der Waals surface area contributed by atoms with Gasteiger partial charge in [0, 0.05) is 12.1 Å². The normalized spacial score (nSPS) is 11.2. The molecule has 0 aliphatic rings. The Balaban J connectivity index is 2.10. The van der Waals surface area contributed by atoms with Crippen molar-refractivity contribution in [3.8, 4) is 0 Å². The van der Waals surface area contributed by atoms with Gasteiger partial charge >= 0.3 is 0 Å². The monoisotopic (exact) mass is 376 g/mol. The number of rotatable bonds is 7. The van der Waals surface area contributed by atoms with Crippen molar-refractivity contribution in [1.82, 2.24) is 20.2 Å². The minimum atomic E-state index is -0.286. The van der Waals surface area contributed by atoms with Crippen LogP contribution in [-0.2, 0) is 9.59 Å². The number of benzene rings is 1. The molecular weight excluding hydrogens is 352 g/mol. The number of nitrogens with one attached hydrogen (secondary N) is 2. The molecule has 0 saturated heterocycles. The summed E-state index contributed by atoms with van der Waals surface area (Å²) in [4.78, 5) is 40.8.